The van der Waals surface area contributed by atoms with Gasteiger partial charge in [0.2, 0.25) is 0 Å². The van der Waals surface area contributed by atoms with Gasteiger partial charge in [-0.1, -0.05) is 364 Å². The molecule has 0 nitrogen and oxygen atoms in total. The molecule has 0 bridgehead atoms. The van der Waals surface area contributed by atoms with Gasteiger partial charge in [-0.05, 0) is 95.3 Å². The molecule has 0 aliphatic carbocycles. The molecular formula is C72H60GaP4. The Kier molecular flexibility index (Phi) is 22.8. The molecule has 12 aromatic rings. The zero-order chi connectivity index (χ0) is 51.7. The first-order chi connectivity index (χ1) is 37.8. The van der Waals surface area contributed by atoms with Gasteiger partial charge in [0.15, 0.2) is 0 Å². The zero-order valence-electron chi connectivity index (χ0n) is 43.0. The van der Waals surface area contributed by atoms with Crippen molar-refractivity contribution in [3.05, 3.63) is 364 Å². The summed E-state index contributed by atoms with van der Waals surface area (Å²) in [6.07, 6.45) is 0. The maximum atomic E-state index is 2.23. The van der Waals surface area contributed by atoms with Gasteiger partial charge in [-0.25, -0.2) is 0 Å². The van der Waals surface area contributed by atoms with Crippen molar-refractivity contribution in [2.24, 2.45) is 0 Å². The molecule has 0 aliphatic heterocycles. The average molecular weight is 1120 g/mol. The van der Waals surface area contributed by atoms with E-state index in [0.29, 0.717) is 0 Å². The Morgan fingerprint density at radius 2 is 0.169 bits per heavy atom. The van der Waals surface area contributed by atoms with Crippen molar-refractivity contribution < 1.29 is 0 Å². The zero-order valence-corrected chi connectivity index (χ0v) is 49.0. The van der Waals surface area contributed by atoms with Gasteiger partial charge in [0.25, 0.3) is 0 Å². The van der Waals surface area contributed by atoms with Crippen LogP contribution in [0.5, 0.6) is 0 Å². The van der Waals surface area contributed by atoms with Gasteiger partial charge in [0.1, 0.15) is 0 Å². The molecule has 0 spiro atoms. The molecule has 0 N–H and O–H groups in total. The summed E-state index contributed by atoms with van der Waals surface area (Å²) in [6, 6.07) is 129. The Balaban J connectivity index is 0.000000135. The summed E-state index contributed by atoms with van der Waals surface area (Å²) < 4.78 is 0. The van der Waals surface area contributed by atoms with E-state index in [9.17, 15) is 0 Å². The summed E-state index contributed by atoms with van der Waals surface area (Å²) in [5.74, 6) is 0. The van der Waals surface area contributed by atoms with E-state index in [2.05, 4.69) is 364 Å². The van der Waals surface area contributed by atoms with Crippen LogP contribution in [0.15, 0.2) is 364 Å². The fourth-order valence-electron chi connectivity index (χ4n) is 8.71. The molecular weight excluding hydrogens is 1060 g/mol. The monoisotopic (exact) mass is 1120 g/mol. The van der Waals surface area contributed by atoms with Crippen molar-refractivity contribution >= 4 is 115 Å². The second-order valence-electron chi connectivity index (χ2n) is 17.4. The van der Waals surface area contributed by atoms with Crippen LogP contribution in [0.25, 0.3) is 0 Å². The van der Waals surface area contributed by atoms with Crippen LogP contribution in [0.4, 0.5) is 0 Å². The normalized spacial score (nSPS) is 10.4. The SMILES string of the molecule is [Ga].c1ccc(P(c2ccccc2)c2ccccc2)cc1.c1ccc(P(c2ccccc2)c2ccccc2)cc1.c1ccc(P(c2ccccc2)c2ccccc2)cc1.c1ccc(P(c2ccccc2)c2ccccc2)cc1. The minimum Gasteiger partial charge on any atom is -0.0622 e. The topological polar surface area (TPSA) is 0 Å². The van der Waals surface area contributed by atoms with E-state index in [-0.39, 0.29) is 19.8 Å². The Morgan fingerprint density at radius 1 is 0.104 bits per heavy atom. The second kappa shape index (κ2) is 31.3. The van der Waals surface area contributed by atoms with Gasteiger partial charge >= 0.3 is 0 Å². The smallest absolute Gasteiger partial charge is 0 e. The molecule has 371 valence electrons. The van der Waals surface area contributed by atoms with Crippen molar-refractivity contribution in [1.29, 1.82) is 0 Å². The molecule has 0 unspecified atom stereocenters. The van der Waals surface area contributed by atoms with Crippen LogP contribution in [-0.4, -0.2) is 19.8 Å². The molecule has 0 aromatic heterocycles. The molecule has 3 radical (unpaired) electrons. The molecule has 0 saturated carbocycles. The third-order valence-corrected chi connectivity index (χ3v) is 21.9. The molecule has 77 heavy (non-hydrogen) atoms. The van der Waals surface area contributed by atoms with Gasteiger partial charge in [-0.2, -0.15) is 0 Å². The Hall–Kier alpha value is -7.00. The van der Waals surface area contributed by atoms with Gasteiger partial charge in [0.05, 0.1) is 0 Å². The van der Waals surface area contributed by atoms with Crippen LogP contribution in [0.1, 0.15) is 0 Å². The number of benzene rings is 12. The van der Waals surface area contributed by atoms with E-state index in [1.807, 2.05) is 0 Å². The van der Waals surface area contributed by atoms with Crippen LogP contribution in [-0.2, 0) is 0 Å². The van der Waals surface area contributed by atoms with Crippen LogP contribution in [0.2, 0.25) is 0 Å². The first-order valence-corrected chi connectivity index (χ1v) is 31.0. The Bertz CT molecular complexity index is 2580. The van der Waals surface area contributed by atoms with Crippen molar-refractivity contribution in [3.63, 3.8) is 0 Å². The van der Waals surface area contributed by atoms with E-state index >= 15 is 0 Å². The summed E-state index contributed by atoms with van der Waals surface area (Å²) in [5, 5.41) is 16.8. The van der Waals surface area contributed by atoms with Crippen molar-refractivity contribution in [2.45, 2.75) is 0 Å². The quantitative estimate of drug-likeness (QED) is 0.0845. The van der Waals surface area contributed by atoms with E-state index < -0.39 is 31.7 Å². The molecule has 12 aromatic carbocycles. The van der Waals surface area contributed by atoms with Crippen LogP contribution < -0.4 is 63.7 Å². The fraction of sp³-hybridized carbons (Fsp3) is 0. The number of rotatable bonds is 12. The predicted octanol–water partition coefficient (Wildman–Crippen LogP) is 13.4. The second-order valence-corrected chi connectivity index (χ2v) is 26.2. The van der Waals surface area contributed by atoms with E-state index in [1.54, 1.807) is 0 Å². The maximum Gasteiger partial charge on any atom is 0 e. The Morgan fingerprint density at radius 3 is 0.234 bits per heavy atom. The molecule has 0 saturated heterocycles. The third kappa shape index (κ3) is 16.5. The third-order valence-electron chi connectivity index (χ3n) is 12.2. The fourth-order valence-corrected chi connectivity index (χ4v) is 17.9. The standard InChI is InChI=1S/4C18H15P.Ga/c4*1-4-10-16(11-5-1)19(17-12-6-2-7-13-17)18-14-8-3-9-15-18;/h4*1-15H;. The number of hydrogen-bond acceptors (Lipinski definition) is 0. The van der Waals surface area contributed by atoms with E-state index in [4.69, 9.17) is 0 Å². The first kappa shape index (κ1) is 56.2. The molecule has 0 atom stereocenters. The number of hydrogen-bond donors (Lipinski definition) is 0. The molecule has 5 heteroatoms. The van der Waals surface area contributed by atoms with Crippen molar-refractivity contribution in [3.8, 4) is 0 Å². The Labute approximate surface area is 475 Å². The summed E-state index contributed by atoms with van der Waals surface area (Å²) in [5.41, 5.74) is 0. The minimum absolute atomic E-state index is 0. The predicted molar refractivity (Wildman–Crippen MR) is 346 cm³/mol. The first-order valence-electron chi connectivity index (χ1n) is 25.6. The maximum absolute atomic E-state index is 2.23. The van der Waals surface area contributed by atoms with E-state index in [1.165, 1.54) is 63.7 Å². The summed E-state index contributed by atoms with van der Waals surface area (Å²) in [6.45, 7) is 0. The van der Waals surface area contributed by atoms with Crippen molar-refractivity contribution in [1.82, 2.24) is 0 Å². The summed E-state index contributed by atoms with van der Waals surface area (Å²) in [7, 11) is -1.78. The molecule has 0 amide bonds. The van der Waals surface area contributed by atoms with Crippen LogP contribution >= 0.6 is 31.7 Å². The van der Waals surface area contributed by atoms with Crippen LogP contribution in [0.3, 0.4) is 0 Å². The molecule has 12 rings (SSSR count). The van der Waals surface area contributed by atoms with E-state index in [0.717, 1.165) is 0 Å². The largest absolute Gasteiger partial charge is 0.0622 e. The summed E-state index contributed by atoms with van der Waals surface area (Å²) >= 11 is 0. The van der Waals surface area contributed by atoms with Crippen LogP contribution in [0, 0.1) is 0 Å². The van der Waals surface area contributed by atoms with Gasteiger partial charge in [0, 0.05) is 19.8 Å². The van der Waals surface area contributed by atoms with Gasteiger partial charge in [-0.15, -0.1) is 0 Å². The average Bonchev–Trinajstić information content (AvgIpc) is 3.51. The molecule has 0 fully saturated rings. The van der Waals surface area contributed by atoms with Gasteiger partial charge < -0.3 is 0 Å². The van der Waals surface area contributed by atoms with Gasteiger partial charge in [-0.3, -0.25) is 0 Å². The summed E-state index contributed by atoms with van der Waals surface area (Å²) in [4.78, 5) is 0. The van der Waals surface area contributed by atoms with Crippen molar-refractivity contribution in [2.75, 3.05) is 0 Å². The minimum atomic E-state index is -0.446. The molecule has 0 aliphatic rings. The molecule has 0 heterocycles.